The third-order valence-electron chi connectivity index (χ3n) is 2.10. The Balaban J connectivity index is 2.73. The molecule has 0 atom stereocenters. The van der Waals surface area contributed by atoms with Crippen LogP contribution >= 0.6 is 0 Å². The minimum atomic E-state index is -0.474. The summed E-state index contributed by atoms with van der Waals surface area (Å²) in [7, 11) is 0. The zero-order valence-corrected chi connectivity index (χ0v) is 13.2. The smallest absolute Gasteiger partial charge is 0.331 e. The molecule has 1 rings (SSSR count). The molecule has 0 aliphatic rings. The molecule has 0 bridgehead atoms. The molecule has 0 saturated carbocycles. The van der Waals surface area contributed by atoms with Gasteiger partial charge in [-0.1, -0.05) is 12.1 Å². The molecule has 0 N–H and O–H groups in total. The van der Waals surface area contributed by atoms with E-state index in [4.69, 9.17) is 9.47 Å². The Hall–Kier alpha value is -1.77. The second-order valence-electron chi connectivity index (χ2n) is 6.65. The monoisotopic (exact) mass is 276 g/mol. The van der Waals surface area contributed by atoms with E-state index in [0.29, 0.717) is 0 Å². The van der Waals surface area contributed by atoms with Gasteiger partial charge in [0, 0.05) is 6.08 Å². The standard InChI is InChI=1S/C17H24O3/c1-16(2,3)19-14-9-7-8-13(12-14)10-11-15(18)20-17(4,5)6/h7-12H,1-6H3. The molecule has 0 unspecified atom stereocenters. The molecule has 0 fully saturated rings. The van der Waals surface area contributed by atoms with Crippen LogP contribution in [0.4, 0.5) is 0 Å². The van der Waals surface area contributed by atoms with Gasteiger partial charge in [-0.15, -0.1) is 0 Å². The number of ether oxygens (including phenoxy) is 2. The Morgan fingerprint density at radius 1 is 1.05 bits per heavy atom. The average molecular weight is 276 g/mol. The molecule has 0 saturated heterocycles. The van der Waals surface area contributed by atoms with Crippen molar-refractivity contribution in [2.75, 3.05) is 0 Å². The summed E-state index contributed by atoms with van der Waals surface area (Å²) < 4.78 is 11.0. The summed E-state index contributed by atoms with van der Waals surface area (Å²) >= 11 is 0. The quantitative estimate of drug-likeness (QED) is 0.612. The number of carbonyl (C=O) groups is 1. The molecule has 3 heteroatoms. The first-order valence-corrected chi connectivity index (χ1v) is 6.75. The van der Waals surface area contributed by atoms with Gasteiger partial charge >= 0.3 is 5.97 Å². The van der Waals surface area contributed by atoms with Crippen molar-refractivity contribution < 1.29 is 14.3 Å². The Morgan fingerprint density at radius 2 is 1.70 bits per heavy atom. The zero-order valence-electron chi connectivity index (χ0n) is 13.2. The molecular formula is C17H24O3. The molecule has 1 aromatic rings. The van der Waals surface area contributed by atoms with Gasteiger partial charge in [0.25, 0.3) is 0 Å². The molecule has 110 valence electrons. The Labute approximate surface area is 121 Å². The first-order valence-electron chi connectivity index (χ1n) is 6.75. The fraction of sp³-hybridized carbons (Fsp3) is 0.471. The van der Waals surface area contributed by atoms with Crippen LogP contribution in [0, 0.1) is 0 Å². The van der Waals surface area contributed by atoms with Gasteiger partial charge in [0.05, 0.1) is 0 Å². The van der Waals surface area contributed by atoms with Gasteiger partial charge < -0.3 is 9.47 Å². The van der Waals surface area contributed by atoms with E-state index in [9.17, 15) is 4.79 Å². The molecule has 0 heterocycles. The average Bonchev–Trinajstić information content (AvgIpc) is 2.22. The lowest BCUT2D eigenvalue weighted by Gasteiger charge is -2.21. The molecule has 1 aromatic carbocycles. The van der Waals surface area contributed by atoms with Crippen LogP contribution in [0.2, 0.25) is 0 Å². The van der Waals surface area contributed by atoms with Crippen molar-refractivity contribution in [1.82, 2.24) is 0 Å². The summed E-state index contributed by atoms with van der Waals surface area (Å²) in [6, 6.07) is 7.61. The van der Waals surface area contributed by atoms with Crippen molar-refractivity contribution in [2.24, 2.45) is 0 Å². The zero-order chi connectivity index (χ0) is 15.4. The van der Waals surface area contributed by atoms with Crippen molar-refractivity contribution in [1.29, 1.82) is 0 Å². The molecule has 0 aromatic heterocycles. The Kier molecular flexibility index (Phi) is 4.98. The van der Waals surface area contributed by atoms with E-state index in [-0.39, 0.29) is 11.6 Å². The first kappa shape index (κ1) is 16.3. The molecule has 0 amide bonds. The number of carbonyl (C=O) groups excluding carboxylic acids is 1. The van der Waals surface area contributed by atoms with Crippen LogP contribution in [0.1, 0.15) is 47.1 Å². The lowest BCUT2D eigenvalue weighted by molar-refractivity contribution is -0.148. The number of rotatable bonds is 3. The van der Waals surface area contributed by atoms with Gasteiger partial charge in [0.1, 0.15) is 17.0 Å². The third-order valence-corrected chi connectivity index (χ3v) is 2.10. The summed E-state index contributed by atoms with van der Waals surface area (Å²) in [6.07, 6.45) is 3.16. The van der Waals surface area contributed by atoms with Crippen LogP contribution in [0.25, 0.3) is 6.08 Å². The van der Waals surface area contributed by atoms with Crippen LogP contribution in [0.3, 0.4) is 0 Å². The van der Waals surface area contributed by atoms with E-state index in [2.05, 4.69) is 0 Å². The van der Waals surface area contributed by atoms with Crippen molar-refractivity contribution in [2.45, 2.75) is 52.7 Å². The maximum Gasteiger partial charge on any atom is 0.331 e. The predicted octanol–water partition coefficient (Wildman–Crippen LogP) is 4.22. The summed E-state index contributed by atoms with van der Waals surface area (Å²) in [6.45, 7) is 11.5. The fourth-order valence-electron chi connectivity index (χ4n) is 1.54. The highest BCUT2D eigenvalue weighted by Crippen LogP contribution is 2.20. The minimum absolute atomic E-state index is 0.243. The van der Waals surface area contributed by atoms with Crippen LogP contribution in [0.15, 0.2) is 30.3 Å². The van der Waals surface area contributed by atoms with Crippen LogP contribution in [-0.2, 0) is 9.53 Å². The second-order valence-corrected chi connectivity index (χ2v) is 6.65. The lowest BCUT2D eigenvalue weighted by atomic mass is 10.1. The summed E-state index contributed by atoms with van der Waals surface area (Å²) in [5.41, 5.74) is 0.184. The van der Waals surface area contributed by atoms with Crippen LogP contribution in [0.5, 0.6) is 5.75 Å². The molecule has 3 nitrogen and oxygen atoms in total. The number of hydrogen-bond donors (Lipinski definition) is 0. The molecule has 0 spiro atoms. The highest BCUT2D eigenvalue weighted by molar-refractivity contribution is 5.87. The van der Waals surface area contributed by atoms with Gasteiger partial charge in [0.15, 0.2) is 0 Å². The van der Waals surface area contributed by atoms with Crippen LogP contribution in [-0.4, -0.2) is 17.2 Å². The highest BCUT2D eigenvalue weighted by atomic mass is 16.6. The number of esters is 1. The van der Waals surface area contributed by atoms with Crippen molar-refractivity contribution in [3.63, 3.8) is 0 Å². The second kappa shape index (κ2) is 6.12. The van der Waals surface area contributed by atoms with Crippen LogP contribution < -0.4 is 4.74 Å². The third kappa shape index (κ3) is 6.98. The fourth-order valence-corrected chi connectivity index (χ4v) is 1.54. The number of benzene rings is 1. The van der Waals surface area contributed by atoms with E-state index in [1.54, 1.807) is 6.08 Å². The highest BCUT2D eigenvalue weighted by Gasteiger charge is 2.14. The normalized spacial score (nSPS) is 12.5. The van der Waals surface area contributed by atoms with E-state index in [1.807, 2.05) is 65.8 Å². The number of hydrogen-bond acceptors (Lipinski definition) is 3. The topological polar surface area (TPSA) is 35.5 Å². The Bertz CT molecular complexity index is 488. The van der Waals surface area contributed by atoms with E-state index in [0.717, 1.165) is 11.3 Å². The first-order chi connectivity index (χ1) is 9.05. The van der Waals surface area contributed by atoms with E-state index < -0.39 is 5.60 Å². The van der Waals surface area contributed by atoms with Crippen molar-refractivity contribution >= 4 is 12.0 Å². The minimum Gasteiger partial charge on any atom is -0.488 e. The van der Waals surface area contributed by atoms with Gasteiger partial charge in [-0.2, -0.15) is 0 Å². The molecular weight excluding hydrogens is 252 g/mol. The molecule has 20 heavy (non-hydrogen) atoms. The van der Waals surface area contributed by atoms with Gasteiger partial charge in [-0.25, -0.2) is 4.79 Å². The summed E-state index contributed by atoms with van der Waals surface area (Å²) in [4.78, 5) is 11.6. The maximum absolute atomic E-state index is 11.6. The molecule has 0 aliphatic carbocycles. The van der Waals surface area contributed by atoms with E-state index in [1.165, 1.54) is 6.08 Å². The van der Waals surface area contributed by atoms with Gasteiger partial charge in [-0.3, -0.25) is 0 Å². The Morgan fingerprint density at radius 3 is 2.25 bits per heavy atom. The lowest BCUT2D eigenvalue weighted by Crippen LogP contribution is -2.23. The molecule has 0 aliphatic heterocycles. The summed E-state index contributed by atoms with van der Waals surface area (Å²) in [5, 5.41) is 0. The van der Waals surface area contributed by atoms with Gasteiger partial charge in [-0.05, 0) is 65.3 Å². The summed E-state index contributed by atoms with van der Waals surface area (Å²) in [5.74, 6) is 0.434. The van der Waals surface area contributed by atoms with Crippen molar-refractivity contribution in [3.05, 3.63) is 35.9 Å². The largest absolute Gasteiger partial charge is 0.488 e. The SMILES string of the molecule is CC(C)(C)OC(=O)C=Cc1cccc(OC(C)(C)C)c1. The van der Waals surface area contributed by atoms with Crippen molar-refractivity contribution in [3.8, 4) is 5.75 Å². The predicted molar refractivity (Wildman–Crippen MR) is 81.7 cm³/mol. The van der Waals surface area contributed by atoms with E-state index >= 15 is 0 Å². The molecule has 0 radical (unpaired) electrons. The maximum atomic E-state index is 11.6. The van der Waals surface area contributed by atoms with Gasteiger partial charge in [0.2, 0.25) is 0 Å².